The molecule has 0 bridgehead atoms. The molecule has 0 fully saturated rings. The van der Waals surface area contributed by atoms with Crippen molar-refractivity contribution in [3.63, 3.8) is 0 Å². The number of nitrogens with zero attached hydrogens (tertiary/aromatic N) is 1. The van der Waals surface area contributed by atoms with Gasteiger partial charge in [0.2, 0.25) is 0 Å². The molecule has 0 unspecified atom stereocenters. The largest absolute Gasteiger partial charge is 2.00 e. The van der Waals surface area contributed by atoms with Crippen molar-refractivity contribution in [2.24, 2.45) is 4.99 Å². The molecular weight excluding hydrogens is 161 g/mol. The zero-order valence-electron chi connectivity index (χ0n) is 5.70. The molecule has 0 heterocycles. The van der Waals surface area contributed by atoms with Crippen LogP contribution in [0, 0.1) is 6.07 Å². The minimum Gasteiger partial charge on any atom is -0.482 e. The van der Waals surface area contributed by atoms with Gasteiger partial charge in [-0.2, -0.15) is 24.4 Å². The summed E-state index contributed by atoms with van der Waals surface area (Å²) in [5.41, 5.74) is 0.833. The van der Waals surface area contributed by atoms with E-state index in [4.69, 9.17) is 0 Å². The molecule has 1 rings (SSSR count). The third-order valence-electron chi connectivity index (χ3n) is 0.925. The topological polar surface area (TPSA) is 12.4 Å². The maximum Gasteiger partial charge on any atom is 2.00 e. The first-order valence-electron chi connectivity index (χ1n) is 2.77. The maximum atomic E-state index is 3.90. The van der Waals surface area contributed by atoms with Crippen molar-refractivity contribution < 1.29 is 18.6 Å². The number of aliphatic imine (C=N–C) groups is 1. The Kier molecular flexibility index (Phi) is 5.00. The molecule has 0 spiro atoms. The van der Waals surface area contributed by atoms with E-state index in [1.54, 1.807) is 6.92 Å². The van der Waals surface area contributed by atoms with Crippen LogP contribution >= 0.6 is 0 Å². The molecule has 0 N–H and O–H groups in total. The zero-order valence-corrected chi connectivity index (χ0v) is 7.10. The van der Waals surface area contributed by atoms with Gasteiger partial charge in [0, 0.05) is 0 Å². The molecule has 1 radical (unpaired) electrons. The van der Waals surface area contributed by atoms with Gasteiger partial charge in [-0.1, -0.05) is 0 Å². The summed E-state index contributed by atoms with van der Waals surface area (Å²) in [6.45, 7) is 1.76. The summed E-state index contributed by atoms with van der Waals surface area (Å²) in [7, 11) is 0. The van der Waals surface area contributed by atoms with E-state index in [-0.39, 0.29) is 18.6 Å². The molecule has 49 valence electrons. The Labute approximate surface area is 73.1 Å². The Balaban J connectivity index is 0.000000810. The molecule has 1 nitrogen and oxygen atoms in total. The SMILES string of the molecule is C[C-]=Nc1[c-]cccc1.[V+2]. The molecule has 0 aromatic heterocycles. The van der Waals surface area contributed by atoms with Crippen LogP contribution in [0.2, 0.25) is 0 Å². The second kappa shape index (κ2) is 5.27. The summed E-state index contributed by atoms with van der Waals surface area (Å²) >= 11 is 0. The van der Waals surface area contributed by atoms with Gasteiger partial charge in [0.1, 0.15) is 0 Å². The Morgan fingerprint density at radius 2 is 2.30 bits per heavy atom. The van der Waals surface area contributed by atoms with Crippen LogP contribution in [0.4, 0.5) is 5.69 Å². The number of benzene rings is 1. The normalized spacial score (nSPS) is 9.30. The number of para-hydroxylation sites is 1. The first-order chi connectivity index (χ1) is 4.43. The summed E-state index contributed by atoms with van der Waals surface area (Å²) < 4.78 is 0. The van der Waals surface area contributed by atoms with Crippen molar-refractivity contribution in [3.8, 4) is 0 Å². The molecule has 0 atom stereocenters. The van der Waals surface area contributed by atoms with E-state index >= 15 is 0 Å². The second-order valence-electron chi connectivity index (χ2n) is 1.58. The van der Waals surface area contributed by atoms with Crippen LogP contribution in [0.15, 0.2) is 29.3 Å². The minimum atomic E-state index is 0. The summed E-state index contributed by atoms with van der Waals surface area (Å²) in [4.78, 5) is 3.90. The van der Waals surface area contributed by atoms with Crippen LogP contribution in [-0.2, 0) is 18.6 Å². The van der Waals surface area contributed by atoms with E-state index in [1.165, 1.54) is 0 Å². The fourth-order valence-corrected chi connectivity index (χ4v) is 0.574. The van der Waals surface area contributed by atoms with Crippen molar-refractivity contribution in [1.29, 1.82) is 0 Å². The summed E-state index contributed by atoms with van der Waals surface area (Å²) in [6.07, 6.45) is 2.68. The van der Waals surface area contributed by atoms with Crippen molar-refractivity contribution in [3.05, 3.63) is 30.3 Å². The van der Waals surface area contributed by atoms with Crippen LogP contribution in [0.3, 0.4) is 0 Å². The standard InChI is InChI=1S/C8H7N.V/c1-2-9-8-6-4-3-5-7-8;/h3-6H,1H3;/q-2;+2. The van der Waals surface area contributed by atoms with Crippen molar-refractivity contribution >= 4 is 11.9 Å². The van der Waals surface area contributed by atoms with E-state index in [9.17, 15) is 0 Å². The van der Waals surface area contributed by atoms with Crippen LogP contribution in [0.1, 0.15) is 6.92 Å². The maximum absolute atomic E-state index is 3.90. The van der Waals surface area contributed by atoms with Crippen molar-refractivity contribution in [2.45, 2.75) is 6.92 Å². The van der Waals surface area contributed by atoms with Gasteiger partial charge in [-0.25, -0.2) is 11.8 Å². The third-order valence-corrected chi connectivity index (χ3v) is 0.925. The van der Waals surface area contributed by atoms with E-state index in [1.807, 2.05) is 24.3 Å². The Morgan fingerprint density at radius 3 is 2.80 bits per heavy atom. The molecule has 0 aliphatic heterocycles. The van der Waals surface area contributed by atoms with Crippen LogP contribution in [0.25, 0.3) is 0 Å². The smallest absolute Gasteiger partial charge is 0.482 e. The predicted molar refractivity (Wildman–Crippen MR) is 38.0 cm³/mol. The van der Waals surface area contributed by atoms with Crippen molar-refractivity contribution in [1.82, 2.24) is 0 Å². The van der Waals surface area contributed by atoms with Gasteiger partial charge in [0.15, 0.2) is 0 Å². The molecule has 0 saturated heterocycles. The van der Waals surface area contributed by atoms with Gasteiger partial charge in [0.05, 0.1) is 0 Å². The fraction of sp³-hybridized carbons (Fsp3) is 0.125. The molecule has 0 amide bonds. The van der Waals surface area contributed by atoms with Gasteiger partial charge in [-0.05, 0) is 0 Å². The average Bonchev–Trinajstić information content (AvgIpc) is 1.91. The van der Waals surface area contributed by atoms with Crippen LogP contribution in [0.5, 0.6) is 0 Å². The Hall–Kier alpha value is -0.526. The van der Waals surface area contributed by atoms with E-state index in [0.29, 0.717) is 0 Å². The van der Waals surface area contributed by atoms with E-state index in [2.05, 4.69) is 17.3 Å². The Bertz CT molecular complexity index is 194. The molecular formula is C8H7NV. The summed E-state index contributed by atoms with van der Waals surface area (Å²) in [5, 5.41) is 0. The van der Waals surface area contributed by atoms with E-state index < -0.39 is 0 Å². The van der Waals surface area contributed by atoms with Crippen LogP contribution < -0.4 is 0 Å². The molecule has 0 saturated carbocycles. The van der Waals surface area contributed by atoms with Gasteiger partial charge >= 0.3 is 18.6 Å². The molecule has 2 heteroatoms. The zero-order chi connectivity index (χ0) is 6.53. The first-order valence-corrected chi connectivity index (χ1v) is 2.77. The predicted octanol–water partition coefficient (Wildman–Crippen LogP) is 2.08. The van der Waals surface area contributed by atoms with Crippen LogP contribution in [-0.4, -0.2) is 6.21 Å². The molecule has 10 heavy (non-hydrogen) atoms. The summed E-state index contributed by atoms with van der Waals surface area (Å²) in [6, 6.07) is 10.5. The second-order valence-corrected chi connectivity index (χ2v) is 1.58. The molecule has 0 aliphatic rings. The van der Waals surface area contributed by atoms with E-state index in [0.717, 1.165) is 5.69 Å². The average molecular weight is 168 g/mol. The van der Waals surface area contributed by atoms with Gasteiger partial charge < -0.3 is 4.99 Å². The van der Waals surface area contributed by atoms with Gasteiger partial charge in [-0.3, -0.25) is 6.07 Å². The quantitative estimate of drug-likeness (QED) is 0.449. The van der Waals surface area contributed by atoms with Gasteiger partial charge in [-0.15, -0.1) is 6.92 Å². The summed E-state index contributed by atoms with van der Waals surface area (Å²) in [5.74, 6) is 0. The molecule has 1 aromatic carbocycles. The first kappa shape index (κ1) is 9.47. The molecule has 1 aromatic rings. The fourth-order valence-electron chi connectivity index (χ4n) is 0.574. The minimum absolute atomic E-state index is 0. The number of hydrogen-bond donors (Lipinski definition) is 0. The number of rotatable bonds is 1. The number of hydrogen-bond acceptors (Lipinski definition) is 1. The monoisotopic (exact) mass is 168 g/mol. The van der Waals surface area contributed by atoms with Crippen molar-refractivity contribution in [2.75, 3.05) is 0 Å². The molecule has 0 aliphatic carbocycles. The third kappa shape index (κ3) is 2.86. The van der Waals surface area contributed by atoms with Gasteiger partial charge in [0.25, 0.3) is 0 Å². The Morgan fingerprint density at radius 1 is 1.50 bits per heavy atom.